The number of ketones is 1. The first-order chi connectivity index (χ1) is 13.2. The molecule has 0 radical (unpaired) electrons. The Morgan fingerprint density at radius 1 is 0.741 bits per heavy atom. The second kappa shape index (κ2) is 8.54. The van der Waals surface area contributed by atoms with Gasteiger partial charge in [-0.05, 0) is 53.6 Å². The van der Waals surface area contributed by atoms with E-state index in [0.717, 1.165) is 41.5 Å². The van der Waals surface area contributed by atoms with Crippen LogP contribution in [0.25, 0.3) is 33.0 Å². The zero-order valence-electron chi connectivity index (χ0n) is 14.5. The van der Waals surface area contributed by atoms with Crippen LogP contribution in [-0.4, -0.2) is 5.78 Å². The average molecular weight is 356 g/mol. The van der Waals surface area contributed by atoms with Crippen molar-refractivity contribution in [1.29, 1.82) is 0 Å². The summed E-state index contributed by atoms with van der Waals surface area (Å²) in [5.41, 5.74) is 21.3. The Morgan fingerprint density at radius 3 is 1.52 bits per heavy atom. The van der Waals surface area contributed by atoms with Gasteiger partial charge in [0.2, 0.25) is 0 Å². The molecule has 0 atom stereocenters. The number of allylic oxidation sites excluding steroid dienone is 2. The maximum absolute atomic E-state index is 12.8. The van der Waals surface area contributed by atoms with E-state index in [1.165, 1.54) is 0 Å². The van der Waals surface area contributed by atoms with Gasteiger partial charge in [0.15, 0.2) is 5.78 Å². The van der Waals surface area contributed by atoms with E-state index in [1.807, 2.05) is 36.4 Å². The van der Waals surface area contributed by atoms with Gasteiger partial charge in [-0.1, -0.05) is 58.8 Å². The highest BCUT2D eigenvalue weighted by Crippen LogP contribution is 2.28. The number of carbonyl (C=O) groups excluding carboxylic acids is 1. The highest BCUT2D eigenvalue weighted by molar-refractivity contribution is 6.13. The van der Waals surface area contributed by atoms with E-state index in [0.29, 0.717) is 11.4 Å². The van der Waals surface area contributed by atoms with Gasteiger partial charge in [0.25, 0.3) is 0 Å². The van der Waals surface area contributed by atoms with E-state index in [9.17, 15) is 4.79 Å². The van der Waals surface area contributed by atoms with E-state index in [-0.39, 0.29) is 5.78 Å². The zero-order valence-corrected chi connectivity index (χ0v) is 14.5. The minimum atomic E-state index is 0.0551. The molecule has 2 aromatic rings. The topological polar surface area (TPSA) is 115 Å². The Hall–Kier alpha value is -3.79. The van der Waals surface area contributed by atoms with Crippen molar-refractivity contribution in [2.45, 2.75) is 19.3 Å². The standard InChI is InChI=1S/C20H16N6O/c21-25-23-18-8-4-14(5-9-18)12-16-2-1-3-17(20(16)27)13-15-6-10-19(11-7-15)24-26-22/h4-13H,1-3H2/b16-12+,17-13+. The third-order valence-electron chi connectivity index (χ3n) is 4.26. The smallest absolute Gasteiger partial charge is 0.185 e. The van der Waals surface area contributed by atoms with Crippen molar-refractivity contribution < 1.29 is 4.79 Å². The van der Waals surface area contributed by atoms with Crippen molar-refractivity contribution in [3.8, 4) is 0 Å². The van der Waals surface area contributed by atoms with E-state index >= 15 is 0 Å². The van der Waals surface area contributed by atoms with Crippen molar-refractivity contribution in [2.24, 2.45) is 10.2 Å². The van der Waals surface area contributed by atoms with Crippen LogP contribution in [-0.2, 0) is 4.79 Å². The molecule has 0 unspecified atom stereocenters. The van der Waals surface area contributed by atoms with Gasteiger partial charge in [0.1, 0.15) is 0 Å². The van der Waals surface area contributed by atoms with Crippen LogP contribution >= 0.6 is 0 Å². The van der Waals surface area contributed by atoms with Crippen LogP contribution in [0.5, 0.6) is 0 Å². The van der Waals surface area contributed by atoms with Gasteiger partial charge in [-0.3, -0.25) is 4.79 Å². The fourth-order valence-electron chi connectivity index (χ4n) is 2.96. The summed E-state index contributed by atoms with van der Waals surface area (Å²) in [5, 5.41) is 7.09. The van der Waals surface area contributed by atoms with Crippen molar-refractivity contribution in [2.75, 3.05) is 0 Å². The number of nitrogens with zero attached hydrogens (tertiary/aromatic N) is 6. The van der Waals surface area contributed by atoms with Gasteiger partial charge in [0.05, 0.1) is 0 Å². The summed E-state index contributed by atoms with van der Waals surface area (Å²) in [4.78, 5) is 18.3. The molecular weight excluding hydrogens is 340 g/mol. The molecule has 0 bridgehead atoms. The molecule has 3 rings (SSSR count). The first-order valence-corrected chi connectivity index (χ1v) is 8.46. The summed E-state index contributed by atoms with van der Waals surface area (Å²) in [5.74, 6) is 0.0551. The molecule has 0 heterocycles. The largest absolute Gasteiger partial charge is 0.289 e. The third-order valence-corrected chi connectivity index (χ3v) is 4.26. The van der Waals surface area contributed by atoms with Crippen molar-refractivity contribution in [3.05, 3.63) is 91.7 Å². The van der Waals surface area contributed by atoms with E-state index in [2.05, 4.69) is 20.1 Å². The number of azide groups is 2. The van der Waals surface area contributed by atoms with Crippen LogP contribution in [0, 0.1) is 0 Å². The maximum Gasteiger partial charge on any atom is 0.185 e. The van der Waals surface area contributed by atoms with Crippen LogP contribution in [0.15, 0.2) is 69.9 Å². The van der Waals surface area contributed by atoms with Gasteiger partial charge >= 0.3 is 0 Å². The fourth-order valence-corrected chi connectivity index (χ4v) is 2.96. The number of benzene rings is 2. The molecule has 0 saturated heterocycles. The lowest BCUT2D eigenvalue weighted by atomic mass is 9.87. The SMILES string of the molecule is [N-]=[N+]=Nc1ccc(/C=C2\CCC/C(=C\c3ccc(N=[N+]=[N-])cc3)C2=O)cc1. The average Bonchev–Trinajstić information content (AvgIpc) is 2.68. The summed E-state index contributed by atoms with van der Waals surface area (Å²) in [6.45, 7) is 0. The number of Topliss-reactive ketones (excluding diaryl/α,β-unsaturated/α-hetero) is 1. The molecule has 2 aromatic carbocycles. The predicted octanol–water partition coefficient (Wildman–Crippen LogP) is 6.79. The molecule has 1 saturated carbocycles. The Kier molecular flexibility index (Phi) is 5.70. The number of carbonyl (C=O) groups is 1. The highest BCUT2D eigenvalue weighted by Gasteiger charge is 2.20. The van der Waals surface area contributed by atoms with Crippen LogP contribution in [0.3, 0.4) is 0 Å². The van der Waals surface area contributed by atoms with Crippen LogP contribution in [0.4, 0.5) is 11.4 Å². The second-order valence-electron chi connectivity index (χ2n) is 6.08. The van der Waals surface area contributed by atoms with E-state index < -0.39 is 0 Å². The van der Waals surface area contributed by atoms with Crippen LogP contribution in [0.1, 0.15) is 30.4 Å². The number of hydrogen-bond donors (Lipinski definition) is 0. The van der Waals surface area contributed by atoms with Gasteiger partial charge in [0, 0.05) is 32.3 Å². The molecule has 1 aliphatic carbocycles. The Labute approximate surface area is 155 Å². The van der Waals surface area contributed by atoms with E-state index in [1.54, 1.807) is 24.3 Å². The lowest BCUT2D eigenvalue weighted by Crippen LogP contribution is -2.12. The van der Waals surface area contributed by atoms with Crippen molar-refractivity contribution in [1.82, 2.24) is 0 Å². The Bertz CT molecular complexity index is 924. The number of rotatable bonds is 4. The van der Waals surface area contributed by atoms with Crippen LogP contribution < -0.4 is 0 Å². The zero-order chi connectivity index (χ0) is 19.1. The molecule has 0 N–H and O–H groups in total. The van der Waals surface area contributed by atoms with Crippen LogP contribution in [0.2, 0.25) is 0 Å². The normalized spacial score (nSPS) is 16.7. The van der Waals surface area contributed by atoms with Gasteiger partial charge < -0.3 is 0 Å². The summed E-state index contributed by atoms with van der Waals surface area (Å²) in [7, 11) is 0. The lowest BCUT2D eigenvalue weighted by Gasteiger charge is -2.16. The van der Waals surface area contributed by atoms with Crippen molar-refractivity contribution >= 4 is 29.3 Å². The maximum atomic E-state index is 12.8. The molecule has 0 aromatic heterocycles. The molecule has 0 spiro atoms. The predicted molar refractivity (Wildman–Crippen MR) is 105 cm³/mol. The molecule has 1 aliphatic rings. The molecule has 27 heavy (non-hydrogen) atoms. The Balaban J connectivity index is 1.82. The molecule has 0 aliphatic heterocycles. The first kappa shape index (κ1) is 18.0. The molecule has 7 heteroatoms. The summed E-state index contributed by atoms with van der Waals surface area (Å²) < 4.78 is 0. The van der Waals surface area contributed by atoms with Gasteiger partial charge in [-0.15, -0.1) is 0 Å². The minimum Gasteiger partial charge on any atom is -0.289 e. The summed E-state index contributed by atoms with van der Waals surface area (Å²) in [6.07, 6.45) is 6.17. The summed E-state index contributed by atoms with van der Waals surface area (Å²) in [6, 6.07) is 14.2. The quantitative estimate of drug-likeness (QED) is 0.255. The first-order valence-electron chi connectivity index (χ1n) is 8.46. The highest BCUT2D eigenvalue weighted by atomic mass is 16.1. The second-order valence-corrected chi connectivity index (χ2v) is 6.08. The van der Waals surface area contributed by atoms with Gasteiger partial charge in [-0.25, -0.2) is 0 Å². The third kappa shape index (κ3) is 4.64. The fraction of sp³-hybridized carbons (Fsp3) is 0.150. The Morgan fingerprint density at radius 2 is 1.15 bits per heavy atom. The molecule has 132 valence electrons. The minimum absolute atomic E-state index is 0.0551. The monoisotopic (exact) mass is 356 g/mol. The van der Waals surface area contributed by atoms with E-state index in [4.69, 9.17) is 11.1 Å². The van der Waals surface area contributed by atoms with Crippen molar-refractivity contribution in [3.63, 3.8) is 0 Å². The molecule has 7 nitrogen and oxygen atoms in total. The molecule has 0 amide bonds. The number of hydrogen-bond acceptors (Lipinski definition) is 3. The van der Waals surface area contributed by atoms with Gasteiger partial charge in [-0.2, -0.15) is 0 Å². The molecular formula is C20H16N6O. The summed E-state index contributed by atoms with van der Waals surface area (Å²) >= 11 is 0. The lowest BCUT2D eigenvalue weighted by molar-refractivity contribution is -0.112. The molecule has 1 fully saturated rings.